The molecule has 0 aromatic carbocycles. The molecule has 1 aromatic rings. The highest BCUT2D eigenvalue weighted by atomic mass is 32.2. The van der Waals surface area contributed by atoms with Gasteiger partial charge in [-0.05, 0) is 39.2 Å². The summed E-state index contributed by atoms with van der Waals surface area (Å²) in [6.45, 7) is 4.78. The molecule has 0 spiro atoms. The summed E-state index contributed by atoms with van der Waals surface area (Å²) in [5.74, 6) is 0. The quantitative estimate of drug-likeness (QED) is 0.811. The number of aromatic amines is 1. The topological polar surface area (TPSA) is 81.6 Å². The maximum absolute atomic E-state index is 11.4. The van der Waals surface area contributed by atoms with Crippen molar-refractivity contribution in [1.29, 1.82) is 5.26 Å². The van der Waals surface area contributed by atoms with E-state index >= 15 is 0 Å². The molecule has 0 bridgehead atoms. The molecule has 108 valence electrons. The predicted molar refractivity (Wildman–Crippen MR) is 79.7 cm³/mol. The Morgan fingerprint density at radius 1 is 1.70 bits per heavy atom. The number of thioether (sulfide) groups is 1. The van der Waals surface area contributed by atoms with Crippen molar-refractivity contribution >= 4 is 11.8 Å². The fourth-order valence-electron chi connectivity index (χ4n) is 2.53. The van der Waals surface area contributed by atoms with Crippen LogP contribution in [0.15, 0.2) is 16.0 Å². The third-order valence-corrected chi connectivity index (χ3v) is 4.68. The summed E-state index contributed by atoms with van der Waals surface area (Å²) in [6, 6.07) is 3.92. The minimum absolute atomic E-state index is 0.117. The molecule has 1 saturated carbocycles. The first kappa shape index (κ1) is 15.1. The van der Waals surface area contributed by atoms with Gasteiger partial charge in [0.15, 0.2) is 5.16 Å². The van der Waals surface area contributed by atoms with E-state index in [0.29, 0.717) is 10.4 Å². The molecule has 1 heterocycles. The summed E-state index contributed by atoms with van der Waals surface area (Å²) in [4.78, 5) is 18.5. The zero-order valence-corrected chi connectivity index (χ0v) is 12.7. The van der Waals surface area contributed by atoms with E-state index in [-0.39, 0.29) is 5.56 Å². The third-order valence-electron chi connectivity index (χ3n) is 3.52. The Labute approximate surface area is 123 Å². The molecule has 2 N–H and O–H groups in total. The van der Waals surface area contributed by atoms with Crippen LogP contribution >= 0.6 is 11.8 Å². The minimum atomic E-state index is -0.405. The monoisotopic (exact) mass is 292 g/mol. The molecule has 1 aromatic heterocycles. The van der Waals surface area contributed by atoms with Gasteiger partial charge in [-0.2, -0.15) is 5.26 Å². The second kappa shape index (κ2) is 6.42. The van der Waals surface area contributed by atoms with Gasteiger partial charge in [-0.1, -0.05) is 18.7 Å². The standard InChI is InChI=1S/C14H20N4OS/c1-3-6-16-14(9-15)5-4-11(8-14)20-13-17-10(2)7-12(19)18-13/h7,11,16H,3-6,8H2,1-2H3,(H,17,18,19). The van der Waals surface area contributed by atoms with Crippen LogP contribution in [0.4, 0.5) is 0 Å². The van der Waals surface area contributed by atoms with E-state index in [1.165, 1.54) is 6.07 Å². The highest BCUT2D eigenvalue weighted by molar-refractivity contribution is 7.99. The van der Waals surface area contributed by atoms with Gasteiger partial charge in [0.05, 0.1) is 6.07 Å². The van der Waals surface area contributed by atoms with Crippen molar-refractivity contribution in [3.8, 4) is 6.07 Å². The summed E-state index contributed by atoms with van der Waals surface area (Å²) in [7, 11) is 0. The highest BCUT2D eigenvalue weighted by Gasteiger charge is 2.39. The molecule has 1 fully saturated rings. The molecular formula is C14H20N4OS. The second-order valence-electron chi connectivity index (χ2n) is 5.30. The summed E-state index contributed by atoms with van der Waals surface area (Å²) in [5.41, 5.74) is 0.205. The number of nitrogens with one attached hydrogen (secondary N) is 2. The molecule has 0 radical (unpaired) electrons. The van der Waals surface area contributed by atoms with Gasteiger partial charge in [-0.15, -0.1) is 0 Å². The van der Waals surface area contributed by atoms with Crippen LogP contribution in [0.1, 0.15) is 38.3 Å². The molecule has 2 unspecified atom stereocenters. The van der Waals surface area contributed by atoms with Gasteiger partial charge in [0.2, 0.25) is 0 Å². The molecule has 2 rings (SSSR count). The maximum Gasteiger partial charge on any atom is 0.251 e. The molecule has 20 heavy (non-hydrogen) atoms. The number of nitrogens with zero attached hydrogens (tertiary/aromatic N) is 2. The number of nitriles is 1. The second-order valence-corrected chi connectivity index (χ2v) is 6.58. The van der Waals surface area contributed by atoms with Crippen LogP contribution in [0, 0.1) is 18.3 Å². The van der Waals surface area contributed by atoms with Gasteiger partial charge in [-0.3, -0.25) is 10.1 Å². The largest absolute Gasteiger partial charge is 0.301 e. The van der Waals surface area contributed by atoms with E-state index in [1.807, 2.05) is 6.92 Å². The first-order chi connectivity index (χ1) is 9.57. The summed E-state index contributed by atoms with van der Waals surface area (Å²) >= 11 is 1.57. The average molecular weight is 292 g/mol. The lowest BCUT2D eigenvalue weighted by Gasteiger charge is -2.22. The maximum atomic E-state index is 11.4. The Kier molecular flexibility index (Phi) is 4.84. The van der Waals surface area contributed by atoms with Gasteiger partial charge in [0.1, 0.15) is 5.54 Å². The zero-order valence-electron chi connectivity index (χ0n) is 11.9. The number of rotatable bonds is 5. The van der Waals surface area contributed by atoms with Crippen molar-refractivity contribution in [3.05, 3.63) is 22.1 Å². The van der Waals surface area contributed by atoms with Gasteiger partial charge >= 0.3 is 0 Å². The number of aryl methyl sites for hydroxylation is 1. The Bertz CT molecular complexity index is 565. The van der Waals surface area contributed by atoms with Crippen LogP contribution in [0.2, 0.25) is 0 Å². The van der Waals surface area contributed by atoms with Crippen molar-refractivity contribution in [1.82, 2.24) is 15.3 Å². The summed E-state index contributed by atoms with van der Waals surface area (Å²) in [6.07, 6.45) is 3.64. The Morgan fingerprint density at radius 3 is 3.15 bits per heavy atom. The molecule has 0 aliphatic heterocycles. The van der Waals surface area contributed by atoms with Gasteiger partial charge in [-0.25, -0.2) is 4.98 Å². The SMILES string of the molecule is CCCNC1(C#N)CCC(Sc2nc(C)cc(=O)[nH]2)C1. The van der Waals surface area contributed by atoms with E-state index in [1.54, 1.807) is 11.8 Å². The van der Waals surface area contributed by atoms with Crippen LogP contribution in [0.5, 0.6) is 0 Å². The van der Waals surface area contributed by atoms with Gasteiger partial charge in [0, 0.05) is 17.0 Å². The van der Waals surface area contributed by atoms with Crippen LogP contribution in [0.3, 0.4) is 0 Å². The lowest BCUT2D eigenvalue weighted by atomic mass is 10.00. The molecule has 1 aliphatic rings. The third kappa shape index (κ3) is 3.62. The Balaban J connectivity index is 2.02. The van der Waals surface area contributed by atoms with Crippen molar-refractivity contribution in [3.63, 3.8) is 0 Å². The van der Waals surface area contributed by atoms with Crippen molar-refractivity contribution in [2.24, 2.45) is 0 Å². The van der Waals surface area contributed by atoms with Gasteiger partial charge in [0.25, 0.3) is 5.56 Å². The number of aromatic nitrogens is 2. The Hall–Kier alpha value is -1.32. The Morgan fingerprint density at radius 2 is 2.50 bits per heavy atom. The molecule has 1 aliphatic carbocycles. The first-order valence-corrected chi connectivity index (χ1v) is 7.86. The van der Waals surface area contributed by atoms with Crippen LogP contribution in [0.25, 0.3) is 0 Å². The number of H-pyrrole nitrogens is 1. The smallest absolute Gasteiger partial charge is 0.251 e. The molecular weight excluding hydrogens is 272 g/mol. The normalized spacial score (nSPS) is 25.6. The van der Waals surface area contributed by atoms with Crippen LogP contribution in [-0.4, -0.2) is 27.3 Å². The molecule has 6 heteroatoms. The fraction of sp³-hybridized carbons (Fsp3) is 0.643. The van der Waals surface area contributed by atoms with Crippen LogP contribution < -0.4 is 10.9 Å². The molecule has 0 saturated heterocycles. The van der Waals surface area contributed by atoms with E-state index in [9.17, 15) is 10.1 Å². The average Bonchev–Trinajstić information content (AvgIpc) is 2.79. The van der Waals surface area contributed by atoms with E-state index in [0.717, 1.165) is 37.9 Å². The molecule has 0 amide bonds. The fourth-order valence-corrected chi connectivity index (χ4v) is 3.81. The van der Waals surface area contributed by atoms with Crippen molar-refractivity contribution in [2.45, 2.75) is 55.5 Å². The lowest BCUT2D eigenvalue weighted by molar-refractivity contribution is 0.424. The predicted octanol–water partition coefficient (Wildman–Crippen LogP) is 1.98. The lowest BCUT2D eigenvalue weighted by Crippen LogP contribution is -2.42. The van der Waals surface area contributed by atoms with Gasteiger partial charge < -0.3 is 4.98 Å². The number of hydrogen-bond acceptors (Lipinski definition) is 5. The number of hydrogen-bond donors (Lipinski definition) is 2. The summed E-state index contributed by atoms with van der Waals surface area (Å²) < 4.78 is 0. The zero-order chi connectivity index (χ0) is 14.6. The first-order valence-electron chi connectivity index (χ1n) is 6.98. The van der Waals surface area contributed by atoms with E-state index < -0.39 is 5.54 Å². The minimum Gasteiger partial charge on any atom is -0.301 e. The highest BCUT2D eigenvalue weighted by Crippen LogP contribution is 2.38. The summed E-state index contributed by atoms with van der Waals surface area (Å²) in [5, 5.41) is 13.8. The van der Waals surface area contributed by atoms with E-state index in [4.69, 9.17) is 0 Å². The molecule has 2 atom stereocenters. The van der Waals surface area contributed by atoms with E-state index in [2.05, 4.69) is 28.3 Å². The van der Waals surface area contributed by atoms with Crippen molar-refractivity contribution in [2.75, 3.05) is 6.54 Å². The van der Waals surface area contributed by atoms with Crippen LogP contribution in [-0.2, 0) is 0 Å². The molecule has 5 nitrogen and oxygen atoms in total. The van der Waals surface area contributed by atoms with Crippen molar-refractivity contribution < 1.29 is 0 Å².